The number of anilines is 1. The van der Waals surface area contributed by atoms with E-state index in [1.807, 2.05) is 90.8 Å². The number of aromatic nitrogens is 2. The van der Waals surface area contributed by atoms with E-state index in [1.54, 1.807) is 17.8 Å². The molecule has 35 heavy (non-hydrogen) atoms. The van der Waals surface area contributed by atoms with E-state index < -0.39 is 5.60 Å². The largest absolute Gasteiger partial charge is 0.459 e. The molecule has 0 amide bonds. The van der Waals surface area contributed by atoms with Gasteiger partial charge in [0.15, 0.2) is 0 Å². The van der Waals surface area contributed by atoms with Crippen LogP contribution in [0.25, 0.3) is 16.7 Å². The fraction of sp³-hybridized carbons (Fsp3) is 0.231. The third kappa shape index (κ3) is 6.67. The topological polar surface area (TPSA) is 47.4 Å². The Balaban J connectivity index is 1.67. The monoisotopic (exact) mass is 545 g/mol. The highest BCUT2D eigenvalue weighted by Gasteiger charge is 2.21. The SMILES string of the molecule is CSc1ccc(-n2ccc3cc(N(CC(=O)OC(C)(C)C)Sc4cc(Cl)cc(Cl)c4)ccc32)nc1. The second kappa shape index (κ2) is 10.7. The van der Waals surface area contributed by atoms with Crippen molar-refractivity contribution in [2.24, 2.45) is 0 Å². The molecule has 0 bridgehead atoms. The summed E-state index contributed by atoms with van der Waals surface area (Å²) in [5, 5.41) is 2.09. The molecule has 4 aromatic rings. The minimum Gasteiger partial charge on any atom is -0.459 e. The van der Waals surface area contributed by atoms with Crippen LogP contribution >= 0.6 is 46.9 Å². The standard InChI is InChI=1S/C26H25Cl2N3O2S2/c1-26(2,3)33-25(32)16-31(35-22-13-18(27)12-19(28)14-22)20-5-7-23-17(11-20)9-10-30(23)24-8-6-21(34-4)15-29-24/h5-15H,16H2,1-4H3. The summed E-state index contributed by atoms with van der Waals surface area (Å²) in [5.74, 6) is 0.521. The number of nitrogens with zero attached hydrogens (tertiary/aromatic N) is 3. The lowest BCUT2D eigenvalue weighted by Crippen LogP contribution is -2.31. The number of ether oxygens (including phenoxy) is 1. The molecular formula is C26H25Cl2N3O2S2. The third-order valence-corrected chi connectivity index (χ3v) is 7.07. The number of rotatable bonds is 7. The summed E-state index contributed by atoms with van der Waals surface area (Å²) in [6.07, 6.45) is 5.90. The molecule has 0 spiro atoms. The molecule has 0 aliphatic carbocycles. The summed E-state index contributed by atoms with van der Waals surface area (Å²) in [6.45, 7) is 5.62. The predicted octanol–water partition coefficient (Wildman–Crippen LogP) is 7.91. The highest BCUT2D eigenvalue weighted by Crippen LogP contribution is 2.34. The van der Waals surface area contributed by atoms with Crippen LogP contribution in [0.5, 0.6) is 0 Å². The fourth-order valence-corrected chi connectivity index (χ4v) is 5.52. The molecule has 2 aromatic carbocycles. The first-order valence-electron chi connectivity index (χ1n) is 10.9. The van der Waals surface area contributed by atoms with Gasteiger partial charge in [0.05, 0.1) is 5.52 Å². The van der Waals surface area contributed by atoms with Crippen LogP contribution in [0.4, 0.5) is 5.69 Å². The molecule has 0 unspecified atom stereocenters. The Kier molecular flexibility index (Phi) is 7.91. The van der Waals surface area contributed by atoms with Crippen LogP contribution in [0, 0.1) is 0 Å². The molecule has 0 atom stereocenters. The summed E-state index contributed by atoms with van der Waals surface area (Å²) in [5.41, 5.74) is 1.30. The molecule has 4 rings (SSSR count). The lowest BCUT2D eigenvalue weighted by molar-refractivity contribution is -0.152. The average Bonchev–Trinajstić information content (AvgIpc) is 3.20. The number of thioether (sulfide) groups is 1. The second-order valence-corrected chi connectivity index (χ2v) is 11.7. The molecule has 2 heterocycles. The number of fused-ring (bicyclic) bond motifs is 1. The molecule has 0 aliphatic rings. The van der Waals surface area contributed by atoms with Crippen molar-refractivity contribution in [3.8, 4) is 5.82 Å². The fourth-order valence-electron chi connectivity index (χ4n) is 3.50. The van der Waals surface area contributed by atoms with Gasteiger partial charge < -0.3 is 13.6 Å². The van der Waals surface area contributed by atoms with E-state index in [0.717, 1.165) is 32.2 Å². The van der Waals surface area contributed by atoms with Crippen LogP contribution in [0.1, 0.15) is 20.8 Å². The maximum atomic E-state index is 12.7. The quantitative estimate of drug-likeness (QED) is 0.133. The highest BCUT2D eigenvalue weighted by atomic mass is 35.5. The molecule has 0 saturated carbocycles. The molecule has 0 radical (unpaired) electrons. The van der Waals surface area contributed by atoms with Crippen molar-refractivity contribution in [1.29, 1.82) is 0 Å². The van der Waals surface area contributed by atoms with Crippen LogP contribution in [0.15, 0.2) is 76.8 Å². The van der Waals surface area contributed by atoms with E-state index in [9.17, 15) is 4.79 Å². The van der Waals surface area contributed by atoms with Gasteiger partial charge in [0.2, 0.25) is 0 Å². The molecule has 0 fully saturated rings. The van der Waals surface area contributed by atoms with Crippen molar-refractivity contribution in [3.05, 3.63) is 77.0 Å². The Labute approximate surface area is 223 Å². The van der Waals surface area contributed by atoms with Crippen LogP contribution in [-0.2, 0) is 9.53 Å². The maximum absolute atomic E-state index is 12.7. The van der Waals surface area contributed by atoms with Gasteiger partial charge in [-0.1, -0.05) is 23.2 Å². The number of hydrogen-bond acceptors (Lipinski definition) is 6. The zero-order valence-corrected chi connectivity index (χ0v) is 22.9. The summed E-state index contributed by atoms with van der Waals surface area (Å²) in [7, 11) is 0. The molecular weight excluding hydrogens is 521 g/mol. The summed E-state index contributed by atoms with van der Waals surface area (Å²) < 4.78 is 9.52. The van der Waals surface area contributed by atoms with Gasteiger partial charge in [0, 0.05) is 43.3 Å². The minimum absolute atomic E-state index is 0.0516. The normalized spacial score (nSPS) is 11.6. The van der Waals surface area contributed by atoms with E-state index >= 15 is 0 Å². The Morgan fingerprint density at radius 3 is 2.40 bits per heavy atom. The number of benzene rings is 2. The Hall–Kier alpha value is -2.32. The van der Waals surface area contributed by atoms with E-state index in [0.29, 0.717) is 10.0 Å². The molecule has 182 valence electrons. The van der Waals surface area contributed by atoms with Crippen molar-refractivity contribution >= 4 is 69.5 Å². The zero-order valence-electron chi connectivity index (χ0n) is 19.8. The van der Waals surface area contributed by atoms with E-state index in [1.165, 1.54) is 11.9 Å². The molecule has 0 N–H and O–H groups in total. The lowest BCUT2D eigenvalue weighted by atomic mass is 10.2. The van der Waals surface area contributed by atoms with Gasteiger partial charge in [0.1, 0.15) is 18.0 Å². The molecule has 0 saturated heterocycles. The zero-order chi connectivity index (χ0) is 25.2. The Bertz CT molecular complexity index is 1330. The van der Waals surface area contributed by atoms with Gasteiger partial charge in [-0.05, 0) is 93.6 Å². The molecule has 5 nitrogen and oxygen atoms in total. The number of pyridine rings is 1. The van der Waals surface area contributed by atoms with Gasteiger partial charge in [0.25, 0.3) is 0 Å². The first-order chi connectivity index (χ1) is 16.6. The Morgan fingerprint density at radius 1 is 1.03 bits per heavy atom. The van der Waals surface area contributed by atoms with Crippen molar-refractivity contribution in [2.75, 3.05) is 17.1 Å². The van der Waals surface area contributed by atoms with Crippen LogP contribution in [-0.4, -0.2) is 33.9 Å². The minimum atomic E-state index is -0.577. The van der Waals surface area contributed by atoms with Crippen LogP contribution in [0.2, 0.25) is 10.0 Å². The van der Waals surface area contributed by atoms with Gasteiger partial charge >= 0.3 is 5.97 Å². The lowest BCUT2D eigenvalue weighted by Gasteiger charge is -2.26. The molecule has 9 heteroatoms. The number of halogens is 2. The van der Waals surface area contributed by atoms with Crippen molar-refractivity contribution in [3.63, 3.8) is 0 Å². The number of esters is 1. The predicted molar refractivity (Wildman–Crippen MR) is 148 cm³/mol. The first kappa shape index (κ1) is 25.8. The number of carbonyl (C=O) groups excluding carboxylic acids is 1. The van der Waals surface area contributed by atoms with Crippen molar-refractivity contribution in [2.45, 2.75) is 36.2 Å². The van der Waals surface area contributed by atoms with Gasteiger partial charge in [-0.15, -0.1) is 11.8 Å². The van der Waals surface area contributed by atoms with Crippen LogP contribution < -0.4 is 4.31 Å². The van der Waals surface area contributed by atoms with E-state index in [2.05, 4.69) is 11.1 Å². The van der Waals surface area contributed by atoms with E-state index in [4.69, 9.17) is 27.9 Å². The van der Waals surface area contributed by atoms with E-state index in [-0.39, 0.29) is 12.5 Å². The van der Waals surface area contributed by atoms with Gasteiger partial charge in [-0.25, -0.2) is 4.98 Å². The van der Waals surface area contributed by atoms with Crippen molar-refractivity contribution < 1.29 is 9.53 Å². The summed E-state index contributed by atoms with van der Waals surface area (Å²) >= 11 is 15.5. The van der Waals surface area contributed by atoms with Gasteiger partial charge in [-0.2, -0.15) is 0 Å². The summed E-state index contributed by atoms with van der Waals surface area (Å²) in [6, 6.07) is 17.5. The first-order valence-corrected chi connectivity index (χ1v) is 13.6. The Morgan fingerprint density at radius 2 is 1.77 bits per heavy atom. The number of hydrogen-bond donors (Lipinski definition) is 0. The molecule has 0 aliphatic heterocycles. The maximum Gasteiger partial charge on any atom is 0.327 e. The smallest absolute Gasteiger partial charge is 0.327 e. The molecule has 2 aromatic heterocycles. The summed E-state index contributed by atoms with van der Waals surface area (Å²) in [4.78, 5) is 19.3. The third-order valence-electron chi connectivity index (χ3n) is 4.91. The van der Waals surface area contributed by atoms with Crippen molar-refractivity contribution in [1.82, 2.24) is 9.55 Å². The van der Waals surface area contributed by atoms with Crippen LogP contribution in [0.3, 0.4) is 0 Å². The number of carbonyl (C=O) groups is 1. The second-order valence-electron chi connectivity index (χ2n) is 8.80. The van der Waals surface area contributed by atoms with Gasteiger partial charge in [-0.3, -0.25) is 4.79 Å². The average molecular weight is 547 g/mol. The highest BCUT2D eigenvalue weighted by molar-refractivity contribution is 8.00.